The number of nitrogens with two attached hydrogens (primary N) is 1. The lowest BCUT2D eigenvalue weighted by Gasteiger charge is -2.32. The van der Waals surface area contributed by atoms with Crippen LogP contribution in [-0.4, -0.2) is 42.2 Å². The van der Waals surface area contributed by atoms with Crippen LogP contribution in [0.3, 0.4) is 0 Å². The molecule has 1 fully saturated rings. The summed E-state index contributed by atoms with van der Waals surface area (Å²) in [4.78, 5) is 14.1. The molecule has 1 amide bonds. The van der Waals surface area contributed by atoms with Gasteiger partial charge in [0, 0.05) is 25.4 Å². The summed E-state index contributed by atoms with van der Waals surface area (Å²) in [5, 5.41) is 9.00. The molecule has 1 aromatic rings. The van der Waals surface area contributed by atoms with Crippen LogP contribution < -0.4 is 10.5 Å². The van der Waals surface area contributed by atoms with Crippen molar-refractivity contribution in [3.63, 3.8) is 0 Å². The second kappa shape index (κ2) is 7.88. The van der Waals surface area contributed by atoms with Crippen molar-refractivity contribution >= 4 is 11.6 Å². The third-order valence-corrected chi connectivity index (χ3v) is 3.87. The van der Waals surface area contributed by atoms with Gasteiger partial charge < -0.3 is 20.5 Å². The van der Waals surface area contributed by atoms with Gasteiger partial charge in [-0.1, -0.05) is 0 Å². The van der Waals surface area contributed by atoms with Gasteiger partial charge >= 0.3 is 0 Å². The summed E-state index contributed by atoms with van der Waals surface area (Å²) >= 11 is 0. The molecule has 5 heteroatoms. The number of hydrogen-bond donors (Lipinski definition) is 2. The number of likely N-dealkylation sites (tertiary alicyclic amines) is 1. The normalized spacial score (nSPS) is 18.5. The van der Waals surface area contributed by atoms with Gasteiger partial charge in [-0.25, -0.2) is 0 Å². The molecule has 0 aliphatic carbocycles. The molecule has 116 valence electrons. The summed E-state index contributed by atoms with van der Waals surface area (Å²) in [5.41, 5.74) is 6.30. The zero-order chi connectivity index (χ0) is 15.1. The van der Waals surface area contributed by atoms with E-state index in [1.54, 1.807) is 24.3 Å². The Labute approximate surface area is 125 Å². The van der Waals surface area contributed by atoms with Crippen molar-refractivity contribution in [2.24, 2.45) is 5.92 Å². The second-order valence-corrected chi connectivity index (χ2v) is 5.53. The van der Waals surface area contributed by atoms with E-state index in [4.69, 9.17) is 15.6 Å². The van der Waals surface area contributed by atoms with Crippen molar-refractivity contribution in [3.05, 3.63) is 24.3 Å². The van der Waals surface area contributed by atoms with Gasteiger partial charge in [0.25, 0.3) is 0 Å². The molecular weight excluding hydrogens is 268 g/mol. The number of hydrogen-bond acceptors (Lipinski definition) is 4. The Morgan fingerprint density at radius 1 is 1.38 bits per heavy atom. The first-order valence-electron chi connectivity index (χ1n) is 7.56. The van der Waals surface area contributed by atoms with E-state index in [1.165, 1.54) is 0 Å². The number of carbonyl (C=O) groups is 1. The zero-order valence-electron chi connectivity index (χ0n) is 12.3. The number of aliphatic hydroxyl groups excluding tert-OH is 1. The first kappa shape index (κ1) is 15.6. The number of nitrogens with zero attached hydrogens (tertiary/aromatic N) is 1. The van der Waals surface area contributed by atoms with E-state index in [0.717, 1.165) is 38.1 Å². The van der Waals surface area contributed by atoms with E-state index in [0.29, 0.717) is 24.6 Å². The molecule has 0 saturated carbocycles. The molecule has 21 heavy (non-hydrogen) atoms. The fourth-order valence-corrected chi connectivity index (χ4v) is 2.69. The molecule has 3 N–H and O–H groups in total. The van der Waals surface area contributed by atoms with Crippen LogP contribution in [0.2, 0.25) is 0 Å². The maximum absolute atomic E-state index is 12.2. The molecule has 2 rings (SSSR count). The van der Waals surface area contributed by atoms with Crippen molar-refractivity contribution in [2.75, 3.05) is 32.0 Å². The molecule has 1 saturated heterocycles. The Morgan fingerprint density at radius 3 is 2.86 bits per heavy atom. The molecule has 5 nitrogen and oxygen atoms in total. The third-order valence-electron chi connectivity index (χ3n) is 3.87. The predicted octanol–water partition coefficient (Wildman–Crippen LogP) is 1.66. The summed E-state index contributed by atoms with van der Waals surface area (Å²) < 4.78 is 5.55. The SMILES string of the molecule is Nc1ccc(OCCC(=O)N2CCCC(CCO)C2)cc1. The maximum atomic E-state index is 12.2. The first-order chi connectivity index (χ1) is 10.2. The molecule has 1 heterocycles. The Hall–Kier alpha value is -1.75. The summed E-state index contributed by atoms with van der Waals surface area (Å²) in [7, 11) is 0. The lowest BCUT2D eigenvalue weighted by atomic mass is 9.95. The molecule has 1 aliphatic heterocycles. The molecule has 0 spiro atoms. The van der Waals surface area contributed by atoms with Gasteiger partial charge in [0.2, 0.25) is 5.91 Å². The number of rotatable bonds is 6. The van der Waals surface area contributed by atoms with Gasteiger partial charge in [-0.2, -0.15) is 0 Å². The summed E-state index contributed by atoms with van der Waals surface area (Å²) in [5.74, 6) is 1.30. The Bertz CT molecular complexity index is 445. The molecule has 1 aliphatic rings. The molecule has 0 aromatic heterocycles. The predicted molar refractivity (Wildman–Crippen MR) is 82.0 cm³/mol. The summed E-state index contributed by atoms with van der Waals surface area (Å²) in [6.45, 7) is 2.17. The number of aliphatic hydroxyl groups is 1. The van der Waals surface area contributed by atoms with Crippen LogP contribution in [-0.2, 0) is 4.79 Å². The van der Waals surface area contributed by atoms with Crippen LogP contribution in [0.5, 0.6) is 5.75 Å². The average molecular weight is 292 g/mol. The van der Waals surface area contributed by atoms with Gasteiger partial charge in [-0.15, -0.1) is 0 Å². The topological polar surface area (TPSA) is 75.8 Å². The number of carbonyl (C=O) groups excluding carboxylic acids is 1. The maximum Gasteiger partial charge on any atom is 0.226 e. The minimum Gasteiger partial charge on any atom is -0.493 e. The minimum atomic E-state index is 0.132. The highest BCUT2D eigenvalue weighted by Crippen LogP contribution is 2.20. The van der Waals surface area contributed by atoms with E-state index in [2.05, 4.69) is 0 Å². The van der Waals surface area contributed by atoms with E-state index >= 15 is 0 Å². The number of amides is 1. The number of ether oxygens (including phenoxy) is 1. The van der Waals surface area contributed by atoms with E-state index in [9.17, 15) is 4.79 Å². The number of piperidine rings is 1. The number of nitrogen functional groups attached to an aromatic ring is 1. The smallest absolute Gasteiger partial charge is 0.226 e. The first-order valence-corrected chi connectivity index (χ1v) is 7.56. The lowest BCUT2D eigenvalue weighted by molar-refractivity contribution is -0.133. The fourth-order valence-electron chi connectivity index (χ4n) is 2.69. The number of anilines is 1. The monoisotopic (exact) mass is 292 g/mol. The quantitative estimate of drug-likeness (QED) is 0.782. The molecule has 1 atom stereocenters. The van der Waals surface area contributed by atoms with Crippen LogP contribution in [0.1, 0.15) is 25.7 Å². The van der Waals surface area contributed by atoms with E-state index in [-0.39, 0.29) is 12.5 Å². The van der Waals surface area contributed by atoms with Gasteiger partial charge in [-0.3, -0.25) is 4.79 Å². The van der Waals surface area contributed by atoms with E-state index in [1.807, 2.05) is 4.90 Å². The Balaban J connectivity index is 1.72. The highest BCUT2D eigenvalue weighted by Gasteiger charge is 2.22. The average Bonchev–Trinajstić information content (AvgIpc) is 2.50. The largest absolute Gasteiger partial charge is 0.493 e. The molecular formula is C16H24N2O3. The van der Waals surface area contributed by atoms with E-state index < -0.39 is 0 Å². The highest BCUT2D eigenvalue weighted by molar-refractivity contribution is 5.76. The van der Waals surface area contributed by atoms with Crippen LogP contribution in [0, 0.1) is 5.92 Å². The van der Waals surface area contributed by atoms with Crippen LogP contribution in [0.15, 0.2) is 24.3 Å². The summed E-state index contributed by atoms with van der Waals surface area (Å²) in [6, 6.07) is 7.17. The van der Waals surface area contributed by atoms with Crippen LogP contribution in [0.4, 0.5) is 5.69 Å². The van der Waals surface area contributed by atoms with Crippen molar-refractivity contribution in [3.8, 4) is 5.75 Å². The van der Waals surface area contributed by atoms with Crippen molar-refractivity contribution in [1.29, 1.82) is 0 Å². The van der Waals surface area contributed by atoms with Crippen LogP contribution >= 0.6 is 0 Å². The molecule has 1 aromatic carbocycles. The van der Waals surface area contributed by atoms with Crippen molar-refractivity contribution < 1.29 is 14.6 Å². The van der Waals surface area contributed by atoms with Gasteiger partial charge in [0.15, 0.2) is 0 Å². The van der Waals surface area contributed by atoms with Gasteiger partial charge in [-0.05, 0) is 49.4 Å². The fraction of sp³-hybridized carbons (Fsp3) is 0.562. The van der Waals surface area contributed by atoms with Crippen LogP contribution in [0.25, 0.3) is 0 Å². The Kier molecular flexibility index (Phi) is 5.87. The highest BCUT2D eigenvalue weighted by atomic mass is 16.5. The standard InChI is InChI=1S/C16H24N2O3/c17-14-3-5-15(6-4-14)21-11-8-16(20)18-9-1-2-13(12-18)7-10-19/h3-6,13,19H,1-2,7-12,17H2. The second-order valence-electron chi connectivity index (χ2n) is 5.53. The summed E-state index contributed by atoms with van der Waals surface area (Å²) in [6.07, 6.45) is 3.30. The molecule has 0 bridgehead atoms. The van der Waals surface area contributed by atoms with Crippen molar-refractivity contribution in [1.82, 2.24) is 4.90 Å². The Morgan fingerprint density at radius 2 is 2.14 bits per heavy atom. The zero-order valence-corrected chi connectivity index (χ0v) is 12.3. The van der Waals surface area contributed by atoms with Gasteiger partial charge in [0.1, 0.15) is 5.75 Å². The molecule has 0 radical (unpaired) electrons. The van der Waals surface area contributed by atoms with Gasteiger partial charge in [0.05, 0.1) is 13.0 Å². The number of benzene rings is 1. The lowest BCUT2D eigenvalue weighted by Crippen LogP contribution is -2.40. The van der Waals surface area contributed by atoms with Crippen molar-refractivity contribution in [2.45, 2.75) is 25.7 Å². The molecule has 1 unspecified atom stereocenters. The third kappa shape index (κ3) is 4.93. The minimum absolute atomic E-state index is 0.132.